The Kier molecular flexibility index (Phi) is 6.13. The minimum atomic E-state index is -5.85. The maximum absolute atomic E-state index is 12.3. The number of aliphatic carboxylic acids is 1. The first-order valence-corrected chi connectivity index (χ1v) is 8.36. The first-order chi connectivity index (χ1) is 11.6. The van der Waals surface area contributed by atoms with Crippen molar-refractivity contribution in [2.75, 3.05) is 0 Å². The molecule has 2 N–H and O–H groups in total. The van der Waals surface area contributed by atoms with Crippen LogP contribution in [0.25, 0.3) is 0 Å². The van der Waals surface area contributed by atoms with Crippen LogP contribution in [0.15, 0.2) is 24.3 Å². The zero-order valence-corrected chi connectivity index (χ0v) is 14.6. The summed E-state index contributed by atoms with van der Waals surface area (Å²) in [6.07, 6.45) is -1.02. The van der Waals surface area contributed by atoms with Gasteiger partial charge >= 0.3 is 27.7 Å². The van der Waals surface area contributed by atoms with Crippen LogP contribution in [0.2, 0.25) is 0 Å². The molecule has 1 atom stereocenters. The standard InChI is InChI=1S/C14H16F3NO7S/c1-13(2,3)24-12(21)18-10(11(19)20)8-4-6-9(7-5-8)25-26(22,23)14(15,16)17/h4-7,10H,1-3H3,(H,18,21)(H,19,20). The van der Waals surface area contributed by atoms with Gasteiger partial charge in [-0.1, -0.05) is 12.1 Å². The van der Waals surface area contributed by atoms with Crippen molar-refractivity contribution in [3.63, 3.8) is 0 Å². The normalized spacial score (nSPS) is 13.6. The van der Waals surface area contributed by atoms with Crippen molar-refractivity contribution < 1.29 is 45.2 Å². The van der Waals surface area contributed by atoms with Crippen LogP contribution >= 0.6 is 0 Å². The number of benzene rings is 1. The average Bonchev–Trinajstić information content (AvgIpc) is 2.42. The number of carboxylic acid groups (broad SMARTS) is 1. The largest absolute Gasteiger partial charge is 0.534 e. The number of amides is 1. The summed E-state index contributed by atoms with van der Waals surface area (Å²) in [5.41, 5.74) is -6.52. The molecule has 12 heteroatoms. The fourth-order valence-corrected chi connectivity index (χ4v) is 2.06. The molecule has 1 amide bonds. The second-order valence-corrected chi connectivity index (χ2v) is 7.51. The van der Waals surface area contributed by atoms with Crippen molar-refractivity contribution in [3.05, 3.63) is 29.8 Å². The number of rotatable bonds is 5. The number of carboxylic acids is 1. The molecule has 0 aliphatic carbocycles. The number of carbonyl (C=O) groups excluding carboxylic acids is 1. The SMILES string of the molecule is CC(C)(C)OC(=O)NC(C(=O)O)c1ccc(OS(=O)(=O)C(F)(F)F)cc1. The van der Waals surface area contributed by atoms with E-state index in [0.717, 1.165) is 24.3 Å². The number of ether oxygens (including phenoxy) is 1. The zero-order valence-electron chi connectivity index (χ0n) is 13.8. The summed E-state index contributed by atoms with van der Waals surface area (Å²) in [7, 11) is -5.85. The number of alkyl halides is 3. The Morgan fingerprint density at radius 3 is 2.00 bits per heavy atom. The molecule has 0 aliphatic heterocycles. The highest BCUT2D eigenvalue weighted by Gasteiger charge is 2.48. The van der Waals surface area contributed by atoms with Crippen LogP contribution in [-0.2, 0) is 19.6 Å². The molecule has 146 valence electrons. The summed E-state index contributed by atoms with van der Waals surface area (Å²) in [5.74, 6) is -2.14. The van der Waals surface area contributed by atoms with Crippen LogP contribution in [0.3, 0.4) is 0 Å². The van der Waals surface area contributed by atoms with Gasteiger partial charge in [0.25, 0.3) is 0 Å². The van der Waals surface area contributed by atoms with Gasteiger partial charge in [0, 0.05) is 0 Å². The highest BCUT2D eigenvalue weighted by molar-refractivity contribution is 7.88. The third-order valence-corrected chi connectivity index (χ3v) is 3.59. The Morgan fingerprint density at radius 2 is 1.62 bits per heavy atom. The molecule has 26 heavy (non-hydrogen) atoms. The number of hydrogen-bond acceptors (Lipinski definition) is 6. The fourth-order valence-electron chi connectivity index (χ4n) is 1.60. The fraction of sp³-hybridized carbons (Fsp3) is 0.429. The molecule has 0 saturated carbocycles. The maximum atomic E-state index is 12.3. The summed E-state index contributed by atoms with van der Waals surface area (Å²) >= 11 is 0. The molecule has 1 aromatic carbocycles. The number of halogens is 3. The van der Waals surface area contributed by atoms with E-state index in [2.05, 4.69) is 9.50 Å². The first kappa shape index (κ1) is 21.5. The summed E-state index contributed by atoms with van der Waals surface area (Å²) in [4.78, 5) is 23.0. The molecule has 8 nitrogen and oxygen atoms in total. The van der Waals surface area contributed by atoms with Crippen molar-refractivity contribution in [2.45, 2.75) is 37.9 Å². The van der Waals surface area contributed by atoms with E-state index in [1.165, 1.54) is 0 Å². The number of nitrogens with one attached hydrogen (secondary N) is 1. The molecule has 0 aliphatic rings. The van der Waals surface area contributed by atoms with Gasteiger partial charge in [-0.3, -0.25) is 0 Å². The second-order valence-electron chi connectivity index (χ2n) is 5.97. The van der Waals surface area contributed by atoms with Gasteiger partial charge < -0.3 is 19.3 Å². The molecule has 0 bridgehead atoms. The number of alkyl carbamates (subject to hydrolysis) is 1. The third kappa shape index (κ3) is 6.10. The molecule has 1 rings (SSSR count). The van der Waals surface area contributed by atoms with Crippen LogP contribution in [0.4, 0.5) is 18.0 Å². The van der Waals surface area contributed by atoms with Gasteiger partial charge in [0.05, 0.1) is 0 Å². The van der Waals surface area contributed by atoms with E-state index >= 15 is 0 Å². The quantitative estimate of drug-likeness (QED) is 0.577. The predicted octanol–water partition coefficient (Wildman–Crippen LogP) is 2.57. The smallest absolute Gasteiger partial charge is 0.479 e. The van der Waals surface area contributed by atoms with Crippen LogP contribution in [0.1, 0.15) is 32.4 Å². The van der Waals surface area contributed by atoms with Gasteiger partial charge in [0.2, 0.25) is 0 Å². The lowest BCUT2D eigenvalue weighted by Gasteiger charge is -2.22. The summed E-state index contributed by atoms with van der Waals surface area (Å²) in [5, 5.41) is 11.3. The van der Waals surface area contributed by atoms with Crippen molar-refractivity contribution in [1.29, 1.82) is 0 Å². The van der Waals surface area contributed by atoms with E-state index in [0.29, 0.717) is 0 Å². The van der Waals surface area contributed by atoms with Crippen molar-refractivity contribution in [2.24, 2.45) is 0 Å². The van der Waals surface area contributed by atoms with Gasteiger partial charge in [0.15, 0.2) is 6.04 Å². The van der Waals surface area contributed by atoms with Gasteiger partial charge in [-0.05, 0) is 38.5 Å². The Bertz CT molecular complexity index is 767. The highest BCUT2D eigenvalue weighted by Crippen LogP contribution is 2.27. The van der Waals surface area contributed by atoms with Crippen LogP contribution in [0.5, 0.6) is 5.75 Å². The van der Waals surface area contributed by atoms with E-state index in [9.17, 15) is 36.3 Å². The lowest BCUT2D eigenvalue weighted by atomic mass is 10.1. The average molecular weight is 399 g/mol. The van der Waals surface area contributed by atoms with Crippen molar-refractivity contribution >= 4 is 22.2 Å². The van der Waals surface area contributed by atoms with Crippen molar-refractivity contribution in [1.82, 2.24) is 5.32 Å². The first-order valence-electron chi connectivity index (χ1n) is 6.95. The van der Waals surface area contributed by atoms with E-state index in [-0.39, 0.29) is 5.56 Å². The minimum Gasteiger partial charge on any atom is -0.479 e. The topological polar surface area (TPSA) is 119 Å². The number of hydrogen-bond donors (Lipinski definition) is 2. The maximum Gasteiger partial charge on any atom is 0.534 e. The van der Waals surface area contributed by atoms with E-state index in [4.69, 9.17) is 4.74 Å². The minimum absolute atomic E-state index is 0.0416. The zero-order chi connectivity index (χ0) is 20.3. The monoisotopic (exact) mass is 399 g/mol. The molecule has 1 unspecified atom stereocenters. The molecule has 0 fully saturated rings. The molecule has 1 aromatic rings. The van der Waals surface area contributed by atoms with Crippen molar-refractivity contribution in [3.8, 4) is 5.75 Å². The molecule has 0 aromatic heterocycles. The predicted molar refractivity (Wildman–Crippen MR) is 81.8 cm³/mol. The molecular formula is C14H16F3NO7S. The Hall–Kier alpha value is -2.50. The Labute approximate surface area is 147 Å². The van der Waals surface area contributed by atoms with E-state index in [1.807, 2.05) is 0 Å². The van der Waals surface area contributed by atoms with Crippen LogP contribution in [-0.4, -0.2) is 36.7 Å². The summed E-state index contributed by atoms with van der Waals surface area (Å²) < 4.78 is 67.4. The van der Waals surface area contributed by atoms with E-state index < -0.39 is 45.1 Å². The van der Waals surface area contributed by atoms with Gasteiger partial charge in [-0.25, -0.2) is 9.59 Å². The van der Waals surface area contributed by atoms with Crippen LogP contribution in [0, 0.1) is 0 Å². The van der Waals surface area contributed by atoms with Gasteiger partial charge in [0.1, 0.15) is 11.4 Å². The molecule has 0 heterocycles. The lowest BCUT2D eigenvalue weighted by molar-refractivity contribution is -0.139. The molecule has 0 radical (unpaired) electrons. The van der Waals surface area contributed by atoms with Crippen LogP contribution < -0.4 is 9.50 Å². The summed E-state index contributed by atoms with van der Waals surface area (Å²) in [6, 6.07) is 2.07. The van der Waals surface area contributed by atoms with Gasteiger partial charge in [-0.2, -0.15) is 21.6 Å². The molecule has 0 spiro atoms. The highest BCUT2D eigenvalue weighted by atomic mass is 32.2. The lowest BCUT2D eigenvalue weighted by Crippen LogP contribution is -2.38. The Balaban J connectivity index is 2.96. The Morgan fingerprint density at radius 1 is 1.12 bits per heavy atom. The van der Waals surface area contributed by atoms with Gasteiger partial charge in [-0.15, -0.1) is 0 Å². The van der Waals surface area contributed by atoms with E-state index in [1.54, 1.807) is 20.8 Å². The summed E-state index contributed by atoms with van der Waals surface area (Å²) in [6.45, 7) is 4.70. The third-order valence-electron chi connectivity index (χ3n) is 2.61. The number of carbonyl (C=O) groups is 2. The molecule has 0 saturated heterocycles. The second kappa shape index (κ2) is 7.40. The molecular weight excluding hydrogens is 383 g/mol.